The molecule has 9 nitrogen and oxygen atoms in total. The summed E-state index contributed by atoms with van der Waals surface area (Å²) in [5.74, 6) is -0.640. The predicted octanol–water partition coefficient (Wildman–Crippen LogP) is 2.01. The molecule has 3 aromatic rings. The quantitative estimate of drug-likeness (QED) is 0.557. The van der Waals surface area contributed by atoms with Crippen molar-refractivity contribution in [1.82, 2.24) is 15.0 Å². The topological polar surface area (TPSA) is 149 Å². The molecule has 2 aromatic heterocycles. The number of pyridine rings is 1. The third-order valence-electron chi connectivity index (χ3n) is 6.22. The third-order valence-corrected chi connectivity index (χ3v) is 6.22. The molecule has 1 saturated heterocycles. The standard InChI is InChI=1S/C23H23N5O4/c1-28-8-7-23(31,22(28)30)18-11-17(27-32-18)14-4-2-3-13(9-14)16-10-15(12-5-6-12)19(24)20(26-16)21(25)29/h2-4,9-12,31H,5-8,24H2,1H3,(H2,25,29). The Labute approximate surface area is 184 Å². The first-order valence-corrected chi connectivity index (χ1v) is 10.4. The average Bonchev–Trinajstić information content (AvgIpc) is 3.44. The number of aromatic nitrogens is 2. The van der Waals surface area contributed by atoms with Crippen LogP contribution in [-0.2, 0) is 10.4 Å². The summed E-state index contributed by atoms with van der Waals surface area (Å²) in [4.78, 5) is 30.1. The first kappa shape index (κ1) is 20.2. The van der Waals surface area contributed by atoms with Gasteiger partial charge >= 0.3 is 0 Å². The molecule has 0 bridgehead atoms. The number of likely N-dealkylation sites (tertiary alicyclic amines) is 1. The fourth-order valence-electron chi connectivity index (χ4n) is 4.17. The second-order valence-corrected chi connectivity index (χ2v) is 8.49. The van der Waals surface area contributed by atoms with E-state index in [1.54, 1.807) is 13.1 Å². The van der Waals surface area contributed by atoms with Crippen molar-refractivity contribution in [2.45, 2.75) is 30.8 Å². The number of anilines is 1. The zero-order valence-electron chi connectivity index (χ0n) is 17.5. The Bertz CT molecular complexity index is 1250. The molecule has 9 heteroatoms. The largest absolute Gasteiger partial charge is 0.397 e. The van der Waals surface area contributed by atoms with Gasteiger partial charge in [0.1, 0.15) is 5.69 Å². The lowest BCUT2D eigenvalue weighted by Gasteiger charge is -2.16. The van der Waals surface area contributed by atoms with Gasteiger partial charge in [-0.05, 0) is 36.5 Å². The fourth-order valence-corrected chi connectivity index (χ4v) is 4.17. The van der Waals surface area contributed by atoms with Crippen LogP contribution in [-0.4, -0.2) is 45.6 Å². The van der Waals surface area contributed by atoms with Crippen LogP contribution in [0.25, 0.3) is 22.5 Å². The zero-order valence-corrected chi connectivity index (χ0v) is 17.5. The Morgan fingerprint density at radius 3 is 2.56 bits per heavy atom. The van der Waals surface area contributed by atoms with Crippen molar-refractivity contribution >= 4 is 17.5 Å². The third kappa shape index (κ3) is 3.21. The molecule has 5 N–H and O–H groups in total. The molecule has 164 valence electrons. The van der Waals surface area contributed by atoms with Gasteiger partial charge < -0.3 is 26.0 Å². The summed E-state index contributed by atoms with van der Waals surface area (Å²) in [5, 5.41) is 14.9. The number of hydrogen-bond acceptors (Lipinski definition) is 7. The number of nitrogens with two attached hydrogens (primary N) is 2. The summed E-state index contributed by atoms with van der Waals surface area (Å²) < 4.78 is 5.35. The number of nitrogen functional groups attached to an aromatic ring is 1. The monoisotopic (exact) mass is 433 g/mol. The van der Waals surface area contributed by atoms with Gasteiger partial charge in [-0.15, -0.1) is 0 Å². The number of amides is 2. The molecule has 2 aliphatic rings. The van der Waals surface area contributed by atoms with Gasteiger partial charge in [-0.2, -0.15) is 0 Å². The van der Waals surface area contributed by atoms with Gasteiger partial charge in [-0.1, -0.05) is 23.4 Å². The second kappa shape index (κ2) is 7.16. The fraction of sp³-hybridized carbons (Fsp3) is 0.304. The molecular formula is C23H23N5O4. The van der Waals surface area contributed by atoms with Crippen LogP contribution in [0.5, 0.6) is 0 Å². The number of rotatable bonds is 5. The number of carbonyl (C=O) groups is 2. The van der Waals surface area contributed by atoms with Gasteiger partial charge in [-0.25, -0.2) is 4.98 Å². The normalized spacial score (nSPS) is 20.7. The highest BCUT2D eigenvalue weighted by molar-refractivity contribution is 5.97. The van der Waals surface area contributed by atoms with E-state index in [4.69, 9.17) is 16.0 Å². The Morgan fingerprint density at radius 1 is 1.22 bits per heavy atom. The van der Waals surface area contributed by atoms with Crippen molar-refractivity contribution in [3.8, 4) is 22.5 Å². The van der Waals surface area contributed by atoms with E-state index in [0.717, 1.165) is 24.0 Å². The van der Waals surface area contributed by atoms with Crippen molar-refractivity contribution in [2.75, 3.05) is 19.3 Å². The molecule has 1 saturated carbocycles. The highest BCUT2D eigenvalue weighted by atomic mass is 16.5. The predicted molar refractivity (Wildman–Crippen MR) is 116 cm³/mol. The smallest absolute Gasteiger partial charge is 0.269 e. The van der Waals surface area contributed by atoms with Gasteiger partial charge in [0.15, 0.2) is 11.5 Å². The molecule has 0 radical (unpaired) electrons. The van der Waals surface area contributed by atoms with E-state index >= 15 is 0 Å². The van der Waals surface area contributed by atoms with Crippen molar-refractivity contribution in [3.05, 3.63) is 53.4 Å². The summed E-state index contributed by atoms with van der Waals surface area (Å²) >= 11 is 0. The number of aliphatic hydroxyl groups is 1. The van der Waals surface area contributed by atoms with Crippen molar-refractivity contribution in [2.24, 2.45) is 5.73 Å². The van der Waals surface area contributed by atoms with Gasteiger partial charge in [0, 0.05) is 37.2 Å². The van der Waals surface area contributed by atoms with E-state index in [2.05, 4.69) is 10.1 Å². The Kier molecular flexibility index (Phi) is 4.52. The van der Waals surface area contributed by atoms with Crippen molar-refractivity contribution in [1.29, 1.82) is 0 Å². The van der Waals surface area contributed by atoms with E-state index in [1.165, 1.54) is 4.90 Å². The molecule has 3 heterocycles. The zero-order chi connectivity index (χ0) is 22.6. The van der Waals surface area contributed by atoms with Crippen LogP contribution in [0.15, 0.2) is 40.9 Å². The number of benzene rings is 1. The molecule has 1 aliphatic heterocycles. The average molecular weight is 433 g/mol. The van der Waals surface area contributed by atoms with Gasteiger partial charge in [0.05, 0.1) is 11.4 Å². The summed E-state index contributed by atoms with van der Waals surface area (Å²) in [5.41, 5.74) is 13.8. The van der Waals surface area contributed by atoms with Crippen molar-refractivity contribution in [3.63, 3.8) is 0 Å². The first-order valence-electron chi connectivity index (χ1n) is 10.4. The summed E-state index contributed by atoms with van der Waals surface area (Å²) in [7, 11) is 1.64. The molecule has 1 aromatic carbocycles. The summed E-state index contributed by atoms with van der Waals surface area (Å²) in [6, 6.07) is 10.9. The number of primary amides is 1. The molecule has 2 amide bonds. The summed E-state index contributed by atoms with van der Waals surface area (Å²) in [6.07, 6.45) is 2.28. The van der Waals surface area contributed by atoms with Crippen LogP contribution >= 0.6 is 0 Å². The van der Waals surface area contributed by atoms with Crippen LogP contribution in [0.2, 0.25) is 0 Å². The molecule has 1 aliphatic carbocycles. The molecule has 5 rings (SSSR count). The van der Waals surface area contributed by atoms with Crippen LogP contribution in [0.4, 0.5) is 5.69 Å². The van der Waals surface area contributed by atoms with E-state index in [1.807, 2.05) is 30.3 Å². The van der Waals surface area contributed by atoms with E-state index in [9.17, 15) is 14.7 Å². The van der Waals surface area contributed by atoms with Crippen LogP contribution in [0.3, 0.4) is 0 Å². The molecule has 1 atom stereocenters. The number of likely N-dealkylation sites (N-methyl/N-ethyl adjacent to an activating group) is 1. The number of carbonyl (C=O) groups excluding carboxylic acids is 2. The molecule has 32 heavy (non-hydrogen) atoms. The SMILES string of the molecule is CN1CCC(O)(c2cc(-c3cccc(-c4cc(C5CC5)c(N)c(C(N)=O)n4)c3)no2)C1=O. The Balaban J connectivity index is 1.52. The van der Waals surface area contributed by atoms with E-state index in [-0.39, 0.29) is 17.9 Å². The molecule has 0 spiro atoms. The minimum absolute atomic E-state index is 0.0737. The van der Waals surface area contributed by atoms with Crippen LogP contribution in [0.1, 0.15) is 47.0 Å². The maximum atomic E-state index is 12.4. The number of nitrogens with zero attached hydrogens (tertiary/aromatic N) is 3. The molecular weight excluding hydrogens is 410 g/mol. The lowest BCUT2D eigenvalue weighted by Crippen LogP contribution is -2.35. The molecule has 1 unspecified atom stereocenters. The molecule has 2 fully saturated rings. The van der Waals surface area contributed by atoms with Crippen molar-refractivity contribution < 1.29 is 19.2 Å². The van der Waals surface area contributed by atoms with Gasteiger partial charge in [0.2, 0.25) is 5.60 Å². The second-order valence-electron chi connectivity index (χ2n) is 8.49. The highest BCUT2D eigenvalue weighted by Gasteiger charge is 2.48. The minimum atomic E-state index is -1.70. The van der Waals surface area contributed by atoms with Gasteiger partial charge in [-0.3, -0.25) is 9.59 Å². The van der Waals surface area contributed by atoms with Crippen LogP contribution in [0, 0.1) is 0 Å². The van der Waals surface area contributed by atoms with E-state index in [0.29, 0.717) is 35.1 Å². The number of hydrogen-bond donors (Lipinski definition) is 3. The summed E-state index contributed by atoms with van der Waals surface area (Å²) in [6.45, 7) is 0.440. The Hall–Kier alpha value is -3.72. The van der Waals surface area contributed by atoms with E-state index < -0.39 is 17.4 Å². The Morgan fingerprint density at radius 2 is 1.94 bits per heavy atom. The lowest BCUT2D eigenvalue weighted by atomic mass is 9.97. The minimum Gasteiger partial charge on any atom is -0.397 e. The van der Waals surface area contributed by atoms with Crippen LogP contribution < -0.4 is 11.5 Å². The lowest BCUT2D eigenvalue weighted by molar-refractivity contribution is -0.144. The van der Waals surface area contributed by atoms with Gasteiger partial charge in [0.25, 0.3) is 11.8 Å². The maximum absolute atomic E-state index is 12.4. The maximum Gasteiger partial charge on any atom is 0.269 e. The first-order chi connectivity index (χ1) is 15.3. The highest BCUT2D eigenvalue weighted by Crippen LogP contribution is 2.44.